The number of carbonyl (C=O) groups excluding carboxylic acids is 1. The maximum absolute atomic E-state index is 11.5. The number of nitrogen functional groups attached to an aromatic ring is 1. The van der Waals surface area contributed by atoms with Crippen LogP contribution in [0.4, 0.5) is 11.4 Å². The molecule has 0 bridgehead atoms. The van der Waals surface area contributed by atoms with E-state index in [1.165, 1.54) is 0 Å². The normalized spacial score (nSPS) is 12.4. The summed E-state index contributed by atoms with van der Waals surface area (Å²) >= 11 is 0. The van der Waals surface area contributed by atoms with Crippen LogP contribution in [0.2, 0.25) is 0 Å². The van der Waals surface area contributed by atoms with Gasteiger partial charge in [0.25, 0.3) is 0 Å². The summed E-state index contributed by atoms with van der Waals surface area (Å²) in [7, 11) is 3.51. The van der Waals surface area contributed by atoms with Crippen molar-refractivity contribution in [1.29, 1.82) is 0 Å². The number of nitrogens with two attached hydrogens (primary N) is 1. The van der Waals surface area contributed by atoms with Crippen LogP contribution in [0.1, 0.15) is 6.92 Å². The number of rotatable bonds is 4. The minimum absolute atomic E-state index is 0.00295. The number of benzene rings is 1. The summed E-state index contributed by atoms with van der Waals surface area (Å²) in [6.07, 6.45) is 0. The summed E-state index contributed by atoms with van der Waals surface area (Å²) < 4.78 is 4.72. The van der Waals surface area contributed by atoms with Crippen LogP contribution in [0.3, 0.4) is 0 Å². The van der Waals surface area contributed by atoms with Crippen LogP contribution in [0.25, 0.3) is 11.0 Å². The number of fused-ring (bicyclic) bond motifs is 1. The molecule has 0 aliphatic carbocycles. The van der Waals surface area contributed by atoms with E-state index in [0.29, 0.717) is 23.3 Å². The summed E-state index contributed by atoms with van der Waals surface area (Å²) in [5.41, 5.74) is 8.29. The first-order valence-electron chi connectivity index (χ1n) is 5.98. The summed E-state index contributed by atoms with van der Waals surface area (Å²) in [4.78, 5) is 13.5. The van der Waals surface area contributed by atoms with Crippen molar-refractivity contribution >= 4 is 28.3 Å². The number of aromatic nitrogens is 2. The molecule has 19 heavy (non-hydrogen) atoms. The number of hydrogen-bond donors (Lipinski definition) is 2. The van der Waals surface area contributed by atoms with Gasteiger partial charge in [0.1, 0.15) is 0 Å². The standard InChI is InChI=1S/C12H17N5O2/c1-7(12(18)14-2)6-17(3)9-5-4-8(13)10-11(9)16-19-15-10/h4-5,7H,6,13H2,1-3H3,(H,14,18). The van der Waals surface area contributed by atoms with Crippen molar-refractivity contribution in [3.63, 3.8) is 0 Å². The second-order valence-corrected chi connectivity index (χ2v) is 4.53. The lowest BCUT2D eigenvalue weighted by Crippen LogP contribution is -2.34. The first kappa shape index (κ1) is 13.1. The van der Waals surface area contributed by atoms with E-state index >= 15 is 0 Å². The van der Waals surface area contributed by atoms with E-state index in [4.69, 9.17) is 10.4 Å². The third kappa shape index (κ3) is 2.44. The monoisotopic (exact) mass is 263 g/mol. The van der Waals surface area contributed by atoms with Crippen molar-refractivity contribution in [2.45, 2.75) is 6.92 Å². The third-order valence-corrected chi connectivity index (χ3v) is 3.08. The highest BCUT2D eigenvalue weighted by Crippen LogP contribution is 2.27. The van der Waals surface area contributed by atoms with Crippen LogP contribution in [-0.2, 0) is 4.79 Å². The van der Waals surface area contributed by atoms with E-state index in [1.807, 2.05) is 24.9 Å². The maximum atomic E-state index is 11.5. The molecule has 0 fully saturated rings. The quantitative estimate of drug-likeness (QED) is 0.785. The van der Waals surface area contributed by atoms with Crippen LogP contribution in [-0.4, -0.2) is 36.9 Å². The molecule has 0 saturated carbocycles. The third-order valence-electron chi connectivity index (χ3n) is 3.08. The van der Waals surface area contributed by atoms with Gasteiger partial charge in [-0.25, -0.2) is 4.63 Å². The molecular formula is C12H17N5O2. The molecule has 1 unspecified atom stereocenters. The van der Waals surface area contributed by atoms with Gasteiger partial charge >= 0.3 is 0 Å². The Morgan fingerprint density at radius 1 is 1.47 bits per heavy atom. The first-order chi connectivity index (χ1) is 9.04. The molecule has 0 radical (unpaired) electrons. The molecule has 2 rings (SSSR count). The van der Waals surface area contributed by atoms with Gasteiger partial charge in [-0.15, -0.1) is 0 Å². The molecule has 1 amide bonds. The number of nitrogens with zero attached hydrogens (tertiary/aromatic N) is 3. The largest absolute Gasteiger partial charge is 0.397 e. The molecule has 3 N–H and O–H groups in total. The Hall–Kier alpha value is -2.31. The minimum Gasteiger partial charge on any atom is -0.397 e. The lowest BCUT2D eigenvalue weighted by molar-refractivity contribution is -0.123. The molecule has 102 valence electrons. The van der Waals surface area contributed by atoms with Crippen molar-refractivity contribution in [2.75, 3.05) is 31.3 Å². The van der Waals surface area contributed by atoms with Crippen LogP contribution in [0.15, 0.2) is 16.8 Å². The van der Waals surface area contributed by atoms with Gasteiger partial charge in [-0.3, -0.25) is 4.79 Å². The molecule has 0 aliphatic heterocycles. The molecule has 0 saturated heterocycles. The number of anilines is 2. The van der Waals surface area contributed by atoms with Gasteiger partial charge in [0.15, 0.2) is 11.0 Å². The molecule has 0 aliphatic rings. The minimum atomic E-state index is -0.137. The fourth-order valence-electron chi connectivity index (χ4n) is 2.02. The van der Waals surface area contributed by atoms with E-state index in [0.717, 1.165) is 5.69 Å². The van der Waals surface area contributed by atoms with E-state index in [2.05, 4.69) is 15.6 Å². The average molecular weight is 263 g/mol. The van der Waals surface area contributed by atoms with E-state index in [1.54, 1.807) is 13.1 Å². The van der Waals surface area contributed by atoms with Gasteiger partial charge in [0, 0.05) is 20.6 Å². The SMILES string of the molecule is CNC(=O)C(C)CN(C)c1ccc(N)c2nonc12. The van der Waals surface area contributed by atoms with Crippen LogP contribution in [0.5, 0.6) is 0 Å². The Labute approximate surface area is 110 Å². The van der Waals surface area contributed by atoms with E-state index in [9.17, 15) is 4.79 Å². The van der Waals surface area contributed by atoms with Gasteiger partial charge in [0.2, 0.25) is 5.91 Å². The Balaban J connectivity index is 2.27. The van der Waals surface area contributed by atoms with E-state index < -0.39 is 0 Å². The summed E-state index contributed by atoms with van der Waals surface area (Å²) in [6.45, 7) is 2.43. The first-order valence-corrected chi connectivity index (χ1v) is 5.98. The second-order valence-electron chi connectivity index (χ2n) is 4.53. The lowest BCUT2D eigenvalue weighted by atomic mass is 10.1. The van der Waals surface area contributed by atoms with Gasteiger partial charge in [-0.05, 0) is 22.4 Å². The highest BCUT2D eigenvalue weighted by atomic mass is 16.6. The maximum Gasteiger partial charge on any atom is 0.224 e. The Morgan fingerprint density at radius 3 is 2.84 bits per heavy atom. The van der Waals surface area contributed by atoms with Crippen LogP contribution >= 0.6 is 0 Å². The topological polar surface area (TPSA) is 97.3 Å². The fraction of sp³-hybridized carbons (Fsp3) is 0.417. The Morgan fingerprint density at radius 2 is 2.16 bits per heavy atom. The molecule has 2 aromatic rings. The Bertz CT molecular complexity index is 595. The molecule has 1 heterocycles. The molecule has 0 spiro atoms. The number of amides is 1. The van der Waals surface area contributed by atoms with E-state index in [-0.39, 0.29) is 11.8 Å². The second kappa shape index (κ2) is 5.13. The molecule has 7 nitrogen and oxygen atoms in total. The average Bonchev–Trinajstić information content (AvgIpc) is 2.88. The predicted octanol–water partition coefficient (Wildman–Crippen LogP) is 0.623. The zero-order valence-corrected chi connectivity index (χ0v) is 11.2. The highest BCUT2D eigenvalue weighted by molar-refractivity contribution is 5.95. The predicted molar refractivity (Wildman–Crippen MR) is 72.7 cm³/mol. The highest BCUT2D eigenvalue weighted by Gasteiger charge is 2.18. The van der Waals surface area contributed by atoms with Gasteiger partial charge in [0.05, 0.1) is 17.3 Å². The summed E-state index contributed by atoms with van der Waals surface area (Å²) in [5, 5.41) is 10.3. The zero-order valence-electron chi connectivity index (χ0n) is 11.2. The van der Waals surface area contributed by atoms with Crippen molar-refractivity contribution < 1.29 is 9.42 Å². The van der Waals surface area contributed by atoms with Crippen LogP contribution < -0.4 is 16.0 Å². The zero-order chi connectivity index (χ0) is 14.0. The summed E-state index contributed by atoms with van der Waals surface area (Å²) in [6, 6.07) is 3.60. The van der Waals surface area contributed by atoms with Gasteiger partial charge < -0.3 is 16.0 Å². The lowest BCUT2D eigenvalue weighted by Gasteiger charge is -2.22. The van der Waals surface area contributed by atoms with Crippen LogP contribution in [0, 0.1) is 5.92 Å². The molecule has 1 aromatic heterocycles. The van der Waals surface area contributed by atoms with Crippen molar-refractivity contribution in [3.8, 4) is 0 Å². The Kier molecular flexibility index (Phi) is 3.55. The molecule has 1 atom stereocenters. The molecule has 1 aromatic carbocycles. The fourth-order valence-corrected chi connectivity index (χ4v) is 2.02. The molecule has 7 heteroatoms. The van der Waals surface area contributed by atoms with Gasteiger partial charge in [-0.2, -0.15) is 0 Å². The summed E-state index contributed by atoms with van der Waals surface area (Å²) in [5.74, 6) is -0.140. The van der Waals surface area contributed by atoms with Crippen molar-refractivity contribution in [2.24, 2.45) is 5.92 Å². The number of nitrogens with one attached hydrogen (secondary N) is 1. The smallest absolute Gasteiger partial charge is 0.224 e. The number of hydrogen-bond acceptors (Lipinski definition) is 6. The van der Waals surface area contributed by atoms with Gasteiger partial charge in [-0.1, -0.05) is 6.92 Å². The van der Waals surface area contributed by atoms with Crippen molar-refractivity contribution in [1.82, 2.24) is 15.6 Å². The van der Waals surface area contributed by atoms with Crippen molar-refractivity contribution in [3.05, 3.63) is 12.1 Å². The number of carbonyl (C=O) groups is 1. The molecular weight excluding hydrogens is 246 g/mol.